The molecule has 6 nitrogen and oxygen atoms in total. The van der Waals surface area contributed by atoms with Gasteiger partial charge >= 0.3 is 6.01 Å². The average molecular weight is 349 g/mol. The molecule has 0 fully saturated rings. The fourth-order valence-corrected chi connectivity index (χ4v) is 2.24. The van der Waals surface area contributed by atoms with Gasteiger partial charge in [-0.25, -0.2) is 13.8 Å². The number of halogens is 2. The van der Waals surface area contributed by atoms with E-state index in [1.807, 2.05) is 6.92 Å². The summed E-state index contributed by atoms with van der Waals surface area (Å²) in [6.45, 7) is 10.5. The zero-order chi connectivity index (χ0) is 18.6. The summed E-state index contributed by atoms with van der Waals surface area (Å²) in [6, 6.07) is 0.105. The van der Waals surface area contributed by atoms with Gasteiger partial charge in [-0.2, -0.15) is 9.97 Å². The first-order chi connectivity index (χ1) is 11.9. The Morgan fingerprint density at radius 3 is 2.64 bits per heavy atom. The molecule has 8 heteroatoms. The van der Waals surface area contributed by atoms with Crippen molar-refractivity contribution in [2.75, 3.05) is 12.3 Å². The zero-order valence-electron chi connectivity index (χ0n) is 14.4. The van der Waals surface area contributed by atoms with E-state index in [2.05, 4.69) is 28.1 Å². The maximum atomic E-state index is 13.9. The molecule has 0 spiro atoms. The van der Waals surface area contributed by atoms with E-state index in [9.17, 15) is 8.78 Å². The zero-order valence-corrected chi connectivity index (χ0v) is 14.4. The van der Waals surface area contributed by atoms with Crippen LogP contribution in [0.15, 0.2) is 36.5 Å². The van der Waals surface area contributed by atoms with Crippen molar-refractivity contribution in [2.24, 2.45) is 0 Å². The normalized spacial score (nSPS) is 12.2. The molecule has 0 atom stereocenters. The number of nitrogen functional groups attached to an aromatic ring is 1. The molecule has 2 N–H and O–H groups in total. The number of imidazole rings is 1. The number of aromatic nitrogens is 4. The maximum absolute atomic E-state index is 13.9. The lowest BCUT2D eigenvalue weighted by molar-refractivity contribution is 0.286. The van der Waals surface area contributed by atoms with Gasteiger partial charge in [0, 0.05) is 5.57 Å². The molecule has 2 aromatic rings. The average Bonchev–Trinajstić information content (AvgIpc) is 2.88. The summed E-state index contributed by atoms with van der Waals surface area (Å²) in [5.74, 6) is -1.06. The molecule has 0 aliphatic rings. The van der Waals surface area contributed by atoms with Crippen molar-refractivity contribution >= 4 is 17.0 Å². The molecule has 0 aliphatic carbocycles. The summed E-state index contributed by atoms with van der Waals surface area (Å²) < 4.78 is 34.5. The number of rotatable bonds is 8. The fourth-order valence-electron chi connectivity index (χ4n) is 2.24. The summed E-state index contributed by atoms with van der Waals surface area (Å²) in [5.41, 5.74) is 6.38. The molecule has 2 heterocycles. The number of ether oxygens (including phenoxy) is 1. The van der Waals surface area contributed by atoms with E-state index in [4.69, 9.17) is 10.5 Å². The highest BCUT2D eigenvalue weighted by Gasteiger charge is 2.18. The van der Waals surface area contributed by atoms with Gasteiger partial charge in [0.2, 0.25) is 0 Å². The minimum atomic E-state index is -0.889. The van der Waals surface area contributed by atoms with E-state index in [-0.39, 0.29) is 23.9 Å². The SMILES string of the molecule is C=C/C(F)=C(/Cn1c(C)nc2c(N)nc(OCCCC)nc21)C(=C)F. The largest absolute Gasteiger partial charge is 0.463 e. The van der Waals surface area contributed by atoms with Gasteiger partial charge in [0.1, 0.15) is 17.5 Å². The Kier molecular flexibility index (Phi) is 5.84. The van der Waals surface area contributed by atoms with Crippen LogP contribution in [0, 0.1) is 6.92 Å². The van der Waals surface area contributed by atoms with Crippen molar-refractivity contribution in [1.29, 1.82) is 0 Å². The highest BCUT2D eigenvalue weighted by Crippen LogP contribution is 2.25. The number of allylic oxidation sites excluding steroid dienone is 4. The Hall–Kier alpha value is -2.77. The number of aryl methyl sites for hydroxylation is 1. The summed E-state index contributed by atoms with van der Waals surface area (Å²) >= 11 is 0. The molecule has 134 valence electrons. The van der Waals surface area contributed by atoms with Crippen LogP contribution in [0.4, 0.5) is 14.6 Å². The topological polar surface area (TPSA) is 78.9 Å². The van der Waals surface area contributed by atoms with Crippen molar-refractivity contribution in [2.45, 2.75) is 33.2 Å². The summed E-state index contributed by atoms with van der Waals surface area (Å²) in [5, 5.41) is 0. The van der Waals surface area contributed by atoms with Crippen LogP contribution in [-0.4, -0.2) is 26.1 Å². The lowest BCUT2D eigenvalue weighted by Gasteiger charge is -2.10. The predicted molar refractivity (Wildman–Crippen MR) is 93.5 cm³/mol. The van der Waals surface area contributed by atoms with Crippen LogP contribution in [0.1, 0.15) is 25.6 Å². The number of hydrogen-bond acceptors (Lipinski definition) is 5. The summed E-state index contributed by atoms with van der Waals surface area (Å²) in [7, 11) is 0. The highest BCUT2D eigenvalue weighted by atomic mass is 19.1. The van der Waals surface area contributed by atoms with Crippen molar-refractivity contribution < 1.29 is 13.5 Å². The third-order valence-corrected chi connectivity index (χ3v) is 3.63. The van der Waals surface area contributed by atoms with E-state index in [1.165, 1.54) is 4.57 Å². The van der Waals surface area contributed by atoms with Crippen LogP contribution in [0.25, 0.3) is 11.2 Å². The van der Waals surface area contributed by atoms with E-state index in [0.717, 1.165) is 18.9 Å². The molecular formula is C17H21F2N5O. The molecule has 0 unspecified atom stereocenters. The minimum Gasteiger partial charge on any atom is -0.463 e. The first kappa shape index (κ1) is 18.6. The van der Waals surface area contributed by atoms with Crippen LogP contribution >= 0.6 is 0 Å². The van der Waals surface area contributed by atoms with E-state index in [1.54, 1.807) is 6.92 Å². The van der Waals surface area contributed by atoms with Crippen LogP contribution < -0.4 is 10.5 Å². The van der Waals surface area contributed by atoms with Crippen LogP contribution in [0.2, 0.25) is 0 Å². The smallest absolute Gasteiger partial charge is 0.320 e. The van der Waals surface area contributed by atoms with Gasteiger partial charge in [-0.3, -0.25) is 0 Å². The van der Waals surface area contributed by atoms with Crippen molar-refractivity contribution in [3.63, 3.8) is 0 Å². The molecule has 0 radical (unpaired) electrons. The molecule has 0 bridgehead atoms. The molecule has 0 saturated carbocycles. The third-order valence-electron chi connectivity index (χ3n) is 3.63. The van der Waals surface area contributed by atoms with Crippen LogP contribution in [-0.2, 0) is 6.54 Å². The molecule has 25 heavy (non-hydrogen) atoms. The number of anilines is 1. The predicted octanol–water partition coefficient (Wildman–Crippen LogP) is 3.79. The first-order valence-corrected chi connectivity index (χ1v) is 7.88. The van der Waals surface area contributed by atoms with Crippen molar-refractivity contribution in [3.05, 3.63) is 42.3 Å². The van der Waals surface area contributed by atoms with Crippen LogP contribution in [0.5, 0.6) is 6.01 Å². The Labute approximate surface area is 144 Å². The monoisotopic (exact) mass is 349 g/mol. The second-order valence-electron chi connectivity index (χ2n) is 5.45. The van der Waals surface area contributed by atoms with Gasteiger partial charge in [-0.05, 0) is 19.4 Å². The molecule has 0 saturated heterocycles. The van der Waals surface area contributed by atoms with E-state index < -0.39 is 11.7 Å². The number of hydrogen-bond donors (Lipinski definition) is 1. The third kappa shape index (κ3) is 4.01. The Morgan fingerprint density at radius 1 is 1.32 bits per heavy atom. The number of fused-ring (bicyclic) bond motifs is 1. The molecule has 0 aromatic carbocycles. The molecular weight excluding hydrogens is 328 g/mol. The molecule has 2 rings (SSSR count). The molecule has 2 aromatic heterocycles. The summed E-state index contributed by atoms with van der Waals surface area (Å²) in [4.78, 5) is 12.6. The lowest BCUT2D eigenvalue weighted by atomic mass is 10.2. The van der Waals surface area contributed by atoms with Gasteiger partial charge in [-0.15, -0.1) is 0 Å². The van der Waals surface area contributed by atoms with Crippen molar-refractivity contribution in [3.8, 4) is 6.01 Å². The van der Waals surface area contributed by atoms with Gasteiger partial charge in [0.05, 0.1) is 13.2 Å². The lowest BCUT2D eigenvalue weighted by Crippen LogP contribution is -2.08. The van der Waals surface area contributed by atoms with Gasteiger partial charge in [0.15, 0.2) is 17.0 Å². The first-order valence-electron chi connectivity index (χ1n) is 7.88. The van der Waals surface area contributed by atoms with Gasteiger partial charge < -0.3 is 15.0 Å². The van der Waals surface area contributed by atoms with Crippen molar-refractivity contribution in [1.82, 2.24) is 19.5 Å². The Balaban J connectivity index is 2.50. The number of nitrogens with two attached hydrogens (primary N) is 1. The minimum absolute atomic E-state index is 0.105. The molecule has 0 aliphatic heterocycles. The van der Waals surface area contributed by atoms with Gasteiger partial charge in [0.25, 0.3) is 0 Å². The Morgan fingerprint density at radius 2 is 2.04 bits per heavy atom. The van der Waals surface area contributed by atoms with Crippen LogP contribution in [0.3, 0.4) is 0 Å². The molecule has 0 amide bonds. The van der Waals surface area contributed by atoms with Gasteiger partial charge in [-0.1, -0.05) is 26.5 Å². The Bertz CT molecular complexity index is 841. The quantitative estimate of drug-likeness (QED) is 0.579. The fraction of sp³-hybridized carbons (Fsp3) is 0.353. The van der Waals surface area contributed by atoms with E-state index in [0.29, 0.717) is 23.6 Å². The second-order valence-corrected chi connectivity index (χ2v) is 5.45. The number of unbranched alkanes of at least 4 members (excludes halogenated alkanes) is 1. The standard InChI is InChI=1S/C17H21F2N5O/c1-5-7-8-25-17-22-15(20)14-16(23-17)24(11(4)21-14)9-12(10(3)18)13(19)6-2/h6H,2-3,5,7-9H2,1,4H3,(H2,20,22,23)/b13-12+. The summed E-state index contributed by atoms with van der Waals surface area (Å²) in [6.07, 6.45) is 2.73. The second kappa shape index (κ2) is 7.87. The highest BCUT2D eigenvalue weighted by molar-refractivity contribution is 5.82. The maximum Gasteiger partial charge on any atom is 0.320 e. The number of nitrogens with zero attached hydrogens (tertiary/aromatic N) is 4. The van der Waals surface area contributed by atoms with E-state index >= 15 is 0 Å².